The molecule has 4 heteroatoms. The number of carboxylic acids is 1. The Hall–Kier alpha value is -1.03. The van der Waals surface area contributed by atoms with Crippen LogP contribution >= 0.6 is 0 Å². The third-order valence-corrected chi connectivity index (χ3v) is 1.57. The zero-order chi connectivity index (χ0) is 9.94. The van der Waals surface area contributed by atoms with Gasteiger partial charge in [-0.2, -0.15) is 0 Å². The molecule has 76 valence electrons. The summed E-state index contributed by atoms with van der Waals surface area (Å²) in [6.45, 7) is 1.04. The average Bonchev–Trinajstić information content (AvgIpc) is 2.09. The molecule has 0 rings (SSSR count). The summed E-state index contributed by atoms with van der Waals surface area (Å²) < 4.78 is 0. The predicted octanol–water partition coefficient (Wildman–Crippen LogP) is 0.727. The van der Waals surface area contributed by atoms with Gasteiger partial charge in [-0.25, -0.2) is 4.79 Å². The van der Waals surface area contributed by atoms with Gasteiger partial charge in [-0.15, -0.1) is 0 Å². The van der Waals surface area contributed by atoms with E-state index in [1.54, 1.807) is 0 Å². The summed E-state index contributed by atoms with van der Waals surface area (Å²) in [6, 6.07) is 0. The van der Waals surface area contributed by atoms with Gasteiger partial charge in [-0.05, 0) is 12.8 Å². The fraction of sp³-hybridized carbons (Fsp3) is 0.667. The van der Waals surface area contributed by atoms with Gasteiger partial charge in [0.25, 0.3) is 0 Å². The molecule has 0 spiro atoms. The van der Waals surface area contributed by atoms with Crippen molar-refractivity contribution in [3.63, 3.8) is 0 Å². The lowest BCUT2D eigenvalue weighted by Crippen LogP contribution is -2.07. The van der Waals surface area contributed by atoms with Gasteiger partial charge in [-0.3, -0.25) is 0 Å². The number of hydrogen-bond donors (Lipinski definition) is 3. The molecular weight excluding hydrogens is 170 g/mol. The first-order valence-corrected chi connectivity index (χ1v) is 4.51. The fourth-order valence-electron chi connectivity index (χ4n) is 0.906. The first kappa shape index (κ1) is 12.0. The first-order valence-electron chi connectivity index (χ1n) is 4.51. The normalized spacial score (nSPS) is 10.5. The van der Waals surface area contributed by atoms with Gasteiger partial charge in [0, 0.05) is 25.4 Å². The van der Waals surface area contributed by atoms with Crippen molar-refractivity contribution < 1.29 is 15.0 Å². The van der Waals surface area contributed by atoms with Crippen LogP contribution in [0.4, 0.5) is 0 Å². The van der Waals surface area contributed by atoms with Gasteiger partial charge in [0.05, 0.1) is 0 Å². The molecule has 0 bridgehead atoms. The Balaban J connectivity index is 3.03. The van der Waals surface area contributed by atoms with Crippen molar-refractivity contribution in [2.24, 2.45) is 0 Å². The van der Waals surface area contributed by atoms with E-state index in [2.05, 4.69) is 5.32 Å². The number of rotatable bonds is 8. The van der Waals surface area contributed by atoms with Gasteiger partial charge in [0.1, 0.15) is 0 Å². The second-order valence-electron chi connectivity index (χ2n) is 2.76. The summed E-state index contributed by atoms with van der Waals surface area (Å²) in [4.78, 5) is 10.0. The van der Waals surface area contributed by atoms with Crippen LogP contribution in [0.2, 0.25) is 0 Å². The summed E-state index contributed by atoms with van der Waals surface area (Å²) in [5.41, 5.74) is 0. The quantitative estimate of drug-likeness (QED) is 0.387. The lowest BCUT2D eigenvalue weighted by Gasteiger charge is -1.99. The van der Waals surface area contributed by atoms with Crippen molar-refractivity contribution in [1.82, 2.24) is 5.32 Å². The van der Waals surface area contributed by atoms with Crippen molar-refractivity contribution >= 4 is 5.97 Å². The molecule has 0 fully saturated rings. The van der Waals surface area contributed by atoms with Crippen LogP contribution in [0.3, 0.4) is 0 Å². The van der Waals surface area contributed by atoms with Crippen molar-refractivity contribution in [2.75, 3.05) is 13.2 Å². The molecular formula is C9H17NO3. The average molecular weight is 187 g/mol. The SMILES string of the molecule is O=C(O)/C=C/NCCCCCCO. The van der Waals surface area contributed by atoms with Crippen LogP contribution in [0.15, 0.2) is 12.3 Å². The Kier molecular flexibility index (Phi) is 8.34. The Bertz CT molecular complexity index is 157. The molecule has 0 saturated carbocycles. The molecule has 0 aromatic rings. The lowest BCUT2D eigenvalue weighted by atomic mass is 10.2. The molecule has 0 aromatic carbocycles. The monoisotopic (exact) mass is 187 g/mol. The van der Waals surface area contributed by atoms with E-state index in [0.29, 0.717) is 0 Å². The van der Waals surface area contributed by atoms with Crippen molar-refractivity contribution in [3.8, 4) is 0 Å². The van der Waals surface area contributed by atoms with E-state index < -0.39 is 5.97 Å². The number of aliphatic carboxylic acids is 1. The van der Waals surface area contributed by atoms with E-state index in [-0.39, 0.29) is 6.61 Å². The van der Waals surface area contributed by atoms with Gasteiger partial charge >= 0.3 is 5.97 Å². The Labute approximate surface area is 78.3 Å². The van der Waals surface area contributed by atoms with Gasteiger partial charge in [0.2, 0.25) is 0 Å². The summed E-state index contributed by atoms with van der Waals surface area (Å²) in [5, 5.41) is 19.6. The second kappa shape index (κ2) is 9.06. The Morgan fingerprint density at radius 3 is 2.54 bits per heavy atom. The number of aliphatic hydroxyl groups excluding tert-OH is 1. The number of unbranched alkanes of at least 4 members (excludes halogenated alkanes) is 3. The van der Waals surface area contributed by atoms with Crippen LogP contribution in [0.25, 0.3) is 0 Å². The van der Waals surface area contributed by atoms with Gasteiger partial charge in [0.15, 0.2) is 0 Å². The molecule has 3 N–H and O–H groups in total. The van der Waals surface area contributed by atoms with Crippen LogP contribution in [0.1, 0.15) is 25.7 Å². The summed E-state index contributed by atoms with van der Waals surface area (Å²) in [5.74, 6) is -0.937. The van der Waals surface area contributed by atoms with Crippen LogP contribution in [0.5, 0.6) is 0 Å². The molecule has 0 aromatic heterocycles. The summed E-state index contributed by atoms with van der Waals surface area (Å²) in [7, 11) is 0. The zero-order valence-electron chi connectivity index (χ0n) is 7.70. The minimum absolute atomic E-state index is 0.256. The van der Waals surface area contributed by atoms with Crippen LogP contribution in [-0.4, -0.2) is 29.3 Å². The van der Waals surface area contributed by atoms with E-state index in [0.717, 1.165) is 38.3 Å². The van der Waals surface area contributed by atoms with E-state index in [4.69, 9.17) is 10.2 Å². The third-order valence-electron chi connectivity index (χ3n) is 1.57. The molecule has 0 heterocycles. The lowest BCUT2D eigenvalue weighted by molar-refractivity contribution is -0.131. The maximum absolute atomic E-state index is 10.0. The molecule has 0 aliphatic heterocycles. The van der Waals surface area contributed by atoms with Gasteiger partial charge < -0.3 is 15.5 Å². The second-order valence-corrected chi connectivity index (χ2v) is 2.76. The zero-order valence-corrected chi connectivity index (χ0v) is 7.70. The number of carbonyl (C=O) groups is 1. The maximum atomic E-state index is 10.0. The van der Waals surface area contributed by atoms with Crippen molar-refractivity contribution in [2.45, 2.75) is 25.7 Å². The third kappa shape index (κ3) is 11.0. The molecule has 0 aliphatic carbocycles. The van der Waals surface area contributed by atoms with E-state index in [9.17, 15) is 4.79 Å². The highest BCUT2D eigenvalue weighted by atomic mass is 16.4. The smallest absolute Gasteiger partial charge is 0.329 e. The fourth-order valence-corrected chi connectivity index (χ4v) is 0.906. The van der Waals surface area contributed by atoms with Crippen LogP contribution in [0, 0.1) is 0 Å². The molecule has 0 unspecified atom stereocenters. The number of nitrogens with one attached hydrogen (secondary N) is 1. The highest BCUT2D eigenvalue weighted by Crippen LogP contribution is 1.97. The minimum Gasteiger partial charge on any atom is -0.478 e. The maximum Gasteiger partial charge on any atom is 0.329 e. The molecule has 0 saturated heterocycles. The van der Waals surface area contributed by atoms with Gasteiger partial charge in [-0.1, -0.05) is 12.8 Å². The number of hydrogen-bond acceptors (Lipinski definition) is 3. The molecule has 0 aliphatic rings. The molecule has 0 amide bonds. The molecule has 13 heavy (non-hydrogen) atoms. The first-order chi connectivity index (χ1) is 6.27. The standard InChI is InChI=1S/C9H17NO3/c11-8-4-2-1-3-6-10-7-5-9(12)13/h5,7,10-11H,1-4,6,8H2,(H,12,13)/b7-5+. The topological polar surface area (TPSA) is 69.6 Å². The predicted molar refractivity (Wildman–Crippen MR) is 50.3 cm³/mol. The minimum atomic E-state index is -0.937. The van der Waals surface area contributed by atoms with Crippen molar-refractivity contribution in [1.29, 1.82) is 0 Å². The highest BCUT2D eigenvalue weighted by molar-refractivity contribution is 5.79. The summed E-state index contributed by atoms with van der Waals surface area (Å²) >= 11 is 0. The Morgan fingerprint density at radius 1 is 1.23 bits per heavy atom. The Morgan fingerprint density at radius 2 is 1.92 bits per heavy atom. The van der Waals surface area contributed by atoms with Crippen molar-refractivity contribution in [3.05, 3.63) is 12.3 Å². The molecule has 0 radical (unpaired) electrons. The molecule has 4 nitrogen and oxygen atoms in total. The van der Waals surface area contributed by atoms with E-state index >= 15 is 0 Å². The number of aliphatic hydroxyl groups is 1. The number of carboxylic acid groups (broad SMARTS) is 1. The highest BCUT2D eigenvalue weighted by Gasteiger charge is 1.88. The summed E-state index contributed by atoms with van der Waals surface area (Å²) in [6.07, 6.45) is 6.46. The van der Waals surface area contributed by atoms with E-state index in [1.807, 2.05) is 0 Å². The van der Waals surface area contributed by atoms with Crippen LogP contribution in [-0.2, 0) is 4.79 Å². The van der Waals surface area contributed by atoms with E-state index in [1.165, 1.54) is 6.20 Å². The molecule has 0 atom stereocenters. The van der Waals surface area contributed by atoms with Crippen LogP contribution < -0.4 is 5.32 Å². The largest absolute Gasteiger partial charge is 0.478 e.